The molecule has 4 rings (SSSR count). The molecule has 3 aromatic rings. The standard InChI is InChI=1S/C28H30FN3O3/c1-35-25-9-5-8-24(18-25)31-28(34)26(21-6-3-2-4-7-21)32-16-14-22(15-17-32)27(33)30-19-20-10-12-23(29)13-11-20/h2-13,18,22,26H,14-17,19H2,1H3,(H,30,33)(H,31,34). The third-order valence-corrected chi connectivity index (χ3v) is 6.35. The van der Waals surface area contributed by atoms with Gasteiger partial charge in [0.15, 0.2) is 0 Å². The average Bonchev–Trinajstić information content (AvgIpc) is 2.89. The van der Waals surface area contributed by atoms with Gasteiger partial charge in [0.2, 0.25) is 11.8 Å². The lowest BCUT2D eigenvalue weighted by Crippen LogP contribution is -2.45. The lowest BCUT2D eigenvalue weighted by Gasteiger charge is -2.36. The zero-order valence-corrected chi connectivity index (χ0v) is 19.7. The second-order valence-corrected chi connectivity index (χ2v) is 8.69. The summed E-state index contributed by atoms with van der Waals surface area (Å²) in [6.07, 6.45) is 1.32. The molecule has 0 saturated carbocycles. The highest BCUT2D eigenvalue weighted by Gasteiger charge is 2.33. The lowest BCUT2D eigenvalue weighted by atomic mass is 9.93. The molecule has 1 aliphatic heterocycles. The third kappa shape index (κ3) is 6.45. The Hall–Kier alpha value is -3.71. The fourth-order valence-electron chi connectivity index (χ4n) is 4.43. The van der Waals surface area contributed by atoms with Gasteiger partial charge in [-0.1, -0.05) is 48.5 Å². The molecular formula is C28H30FN3O3. The van der Waals surface area contributed by atoms with Gasteiger partial charge in [-0.25, -0.2) is 4.39 Å². The number of carbonyl (C=O) groups is 2. The summed E-state index contributed by atoms with van der Waals surface area (Å²) in [6.45, 7) is 1.62. The van der Waals surface area contributed by atoms with Crippen LogP contribution in [0, 0.1) is 11.7 Å². The number of carbonyl (C=O) groups excluding carboxylic acids is 2. The van der Waals surface area contributed by atoms with Crippen LogP contribution in [0.25, 0.3) is 0 Å². The van der Waals surface area contributed by atoms with Crippen LogP contribution in [-0.4, -0.2) is 36.9 Å². The van der Waals surface area contributed by atoms with E-state index in [9.17, 15) is 14.0 Å². The van der Waals surface area contributed by atoms with E-state index >= 15 is 0 Å². The van der Waals surface area contributed by atoms with Gasteiger partial charge in [-0.2, -0.15) is 0 Å². The Morgan fingerprint density at radius 2 is 1.71 bits per heavy atom. The zero-order chi connectivity index (χ0) is 24.6. The quantitative estimate of drug-likeness (QED) is 0.502. The number of hydrogen-bond acceptors (Lipinski definition) is 4. The van der Waals surface area contributed by atoms with Crippen molar-refractivity contribution in [3.05, 3.63) is 95.8 Å². The molecule has 7 heteroatoms. The summed E-state index contributed by atoms with van der Waals surface area (Å²) in [6, 6.07) is 22.6. The molecule has 0 bridgehead atoms. The van der Waals surface area contributed by atoms with Crippen molar-refractivity contribution in [1.29, 1.82) is 0 Å². The minimum Gasteiger partial charge on any atom is -0.497 e. The second kappa shape index (κ2) is 11.6. The number of anilines is 1. The van der Waals surface area contributed by atoms with Gasteiger partial charge in [-0.15, -0.1) is 0 Å². The zero-order valence-electron chi connectivity index (χ0n) is 19.7. The van der Waals surface area contributed by atoms with E-state index in [0.717, 1.165) is 11.1 Å². The molecule has 3 aromatic carbocycles. The Labute approximate surface area is 205 Å². The van der Waals surface area contributed by atoms with Crippen LogP contribution in [0.1, 0.15) is 30.0 Å². The number of hydrogen-bond donors (Lipinski definition) is 2. The molecule has 2 N–H and O–H groups in total. The van der Waals surface area contributed by atoms with Gasteiger partial charge in [0.05, 0.1) is 7.11 Å². The largest absolute Gasteiger partial charge is 0.497 e. The maximum atomic E-state index is 13.4. The number of likely N-dealkylation sites (tertiary alicyclic amines) is 1. The van der Waals surface area contributed by atoms with E-state index in [4.69, 9.17) is 4.74 Å². The molecule has 2 amide bonds. The number of nitrogens with zero attached hydrogens (tertiary/aromatic N) is 1. The molecule has 1 unspecified atom stereocenters. The number of rotatable bonds is 8. The molecule has 0 radical (unpaired) electrons. The van der Waals surface area contributed by atoms with Crippen LogP contribution in [0.2, 0.25) is 0 Å². The number of amides is 2. The maximum absolute atomic E-state index is 13.4. The van der Waals surface area contributed by atoms with Gasteiger partial charge in [0.25, 0.3) is 0 Å². The summed E-state index contributed by atoms with van der Waals surface area (Å²) in [4.78, 5) is 28.3. The molecule has 1 saturated heterocycles. The van der Waals surface area contributed by atoms with Gasteiger partial charge < -0.3 is 15.4 Å². The topological polar surface area (TPSA) is 70.7 Å². The van der Waals surface area contributed by atoms with Crippen molar-refractivity contribution < 1.29 is 18.7 Å². The van der Waals surface area contributed by atoms with Crippen molar-refractivity contribution in [2.75, 3.05) is 25.5 Å². The molecule has 1 fully saturated rings. The number of methoxy groups -OCH3 is 1. The fraction of sp³-hybridized carbons (Fsp3) is 0.286. The Kier molecular flexibility index (Phi) is 8.11. The Bertz CT molecular complexity index is 1130. The van der Waals surface area contributed by atoms with E-state index in [0.29, 0.717) is 43.9 Å². The van der Waals surface area contributed by atoms with Crippen molar-refractivity contribution in [1.82, 2.24) is 10.2 Å². The Morgan fingerprint density at radius 3 is 2.40 bits per heavy atom. The van der Waals surface area contributed by atoms with Gasteiger partial charge in [0.1, 0.15) is 17.6 Å². The maximum Gasteiger partial charge on any atom is 0.246 e. The number of benzene rings is 3. The summed E-state index contributed by atoms with van der Waals surface area (Å²) < 4.78 is 18.4. The molecule has 0 spiro atoms. The smallest absolute Gasteiger partial charge is 0.246 e. The third-order valence-electron chi connectivity index (χ3n) is 6.35. The van der Waals surface area contributed by atoms with Gasteiger partial charge in [0, 0.05) is 24.2 Å². The van der Waals surface area contributed by atoms with Crippen LogP contribution in [0.4, 0.5) is 10.1 Å². The van der Waals surface area contributed by atoms with Gasteiger partial charge in [-0.05, 0) is 61.3 Å². The monoisotopic (exact) mass is 475 g/mol. The second-order valence-electron chi connectivity index (χ2n) is 8.69. The minimum atomic E-state index is -0.467. The number of ether oxygens (including phenoxy) is 1. The van der Waals surface area contributed by atoms with Crippen LogP contribution in [-0.2, 0) is 16.1 Å². The number of halogens is 1. The van der Waals surface area contributed by atoms with Crippen LogP contribution in [0.15, 0.2) is 78.9 Å². The molecule has 182 valence electrons. The molecule has 1 heterocycles. The van der Waals surface area contributed by atoms with Crippen molar-refractivity contribution in [3.8, 4) is 5.75 Å². The van der Waals surface area contributed by atoms with E-state index in [-0.39, 0.29) is 23.5 Å². The molecule has 35 heavy (non-hydrogen) atoms. The Morgan fingerprint density at radius 1 is 1.00 bits per heavy atom. The fourth-order valence-corrected chi connectivity index (χ4v) is 4.43. The summed E-state index contributed by atoms with van der Waals surface area (Å²) >= 11 is 0. The summed E-state index contributed by atoms with van der Waals surface area (Å²) in [5, 5.41) is 5.98. The number of piperidine rings is 1. The summed E-state index contributed by atoms with van der Waals surface area (Å²) in [5.74, 6) is 0.127. The van der Waals surface area contributed by atoms with Crippen LogP contribution in [0.5, 0.6) is 5.75 Å². The highest BCUT2D eigenvalue weighted by Crippen LogP contribution is 2.29. The summed E-state index contributed by atoms with van der Waals surface area (Å²) in [5.41, 5.74) is 2.44. The predicted molar refractivity (Wildman–Crippen MR) is 133 cm³/mol. The van der Waals surface area contributed by atoms with Crippen LogP contribution in [0.3, 0.4) is 0 Å². The van der Waals surface area contributed by atoms with Crippen molar-refractivity contribution in [3.63, 3.8) is 0 Å². The molecule has 1 atom stereocenters. The predicted octanol–water partition coefficient (Wildman–Crippen LogP) is 4.54. The number of nitrogens with one attached hydrogen (secondary N) is 2. The first-order chi connectivity index (χ1) is 17.0. The molecule has 0 aromatic heterocycles. The molecular weight excluding hydrogens is 445 g/mol. The lowest BCUT2D eigenvalue weighted by molar-refractivity contribution is -0.127. The van der Waals surface area contributed by atoms with Crippen molar-refractivity contribution in [2.45, 2.75) is 25.4 Å². The van der Waals surface area contributed by atoms with Gasteiger partial charge in [-0.3, -0.25) is 14.5 Å². The first kappa shape index (κ1) is 24.4. The van der Waals surface area contributed by atoms with E-state index in [1.165, 1.54) is 12.1 Å². The minimum absolute atomic E-state index is 0.00827. The highest BCUT2D eigenvalue weighted by molar-refractivity contribution is 5.95. The van der Waals surface area contributed by atoms with E-state index in [2.05, 4.69) is 15.5 Å². The normalized spacial score (nSPS) is 15.3. The van der Waals surface area contributed by atoms with Crippen LogP contribution < -0.4 is 15.4 Å². The Balaban J connectivity index is 1.39. The van der Waals surface area contributed by atoms with E-state index in [1.54, 1.807) is 25.3 Å². The molecule has 1 aliphatic rings. The first-order valence-electron chi connectivity index (χ1n) is 11.8. The SMILES string of the molecule is COc1cccc(NC(=O)C(c2ccccc2)N2CCC(C(=O)NCc3ccc(F)cc3)CC2)c1. The van der Waals surface area contributed by atoms with Crippen LogP contribution >= 0.6 is 0 Å². The van der Waals surface area contributed by atoms with Gasteiger partial charge >= 0.3 is 0 Å². The van der Waals surface area contributed by atoms with Crippen molar-refractivity contribution in [2.24, 2.45) is 5.92 Å². The first-order valence-corrected chi connectivity index (χ1v) is 11.8. The molecule has 0 aliphatic carbocycles. The summed E-state index contributed by atoms with van der Waals surface area (Å²) in [7, 11) is 1.59. The molecule has 6 nitrogen and oxygen atoms in total. The average molecular weight is 476 g/mol. The van der Waals surface area contributed by atoms with Crippen molar-refractivity contribution >= 4 is 17.5 Å². The van der Waals surface area contributed by atoms with E-state index in [1.807, 2.05) is 48.5 Å². The highest BCUT2D eigenvalue weighted by atomic mass is 19.1. The van der Waals surface area contributed by atoms with E-state index < -0.39 is 6.04 Å².